The normalized spacial score (nSPS) is 21.3. The molecule has 0 amide bonds. The maximum absolute atomic E-state index is 11.8. The van der Waals surface area contributed by atoms with Gasteiger partial charge >= 0.3 is 23.2 Å². The van der Waals surface area contributed by atoms with Crippen molar-refractivity contribution in [3.8, 4) is 0 Å². The summed E-state index contributed by atoms with van der Waals surface area (Å²) in [6, 6.07) is 0. The fraction of sp³-hybridized carbons (Fsp3) is 1.00. The molecule has 0 aromatic carbocycles. The van der Waals surface area contributed by atoms with E-state index in [0.717, 1.165) is 28.0 Å². The molecule has 3 unspecified atom stereocenters. The first-order valence-electron chi connectivity index (χ1n) is 4.20. The average Bonchev–Trinajstić information content (AvgIpc) is 2.13. The van der Waals surface area contributed by atoms with Crippen molar-refractivity contribution in [3.05, 3.63) is 0 Å². The topological polar surface area (TPSA) is 145 Å². The molecule has 0 heterocycles. The first-order valence-corrected chi connectivity index (χ1v) is 9.14. The van der Waals surface area contributed by atoms with Crippen LogP contribution in [0.15, 0.2) is 0 Å². The van der Waals surface area contributed by atoms with Crippen LogP contribution >= 0.6 is 23.2 Å². The predicted octanol–water partition coefficient (Wildman–Crippen LogP) is 1.78. The van der Waals surface area contributed by atoms with Gasteiger partial charge in [-0.3, -0.25) is 4.57 Å². The zero-order valence-corrected chi connectivity index (χ0v) is 13.0. The summed E-state index contributed by atoms with van der Waals surface area (Å²) >= 11 is 0. The Labute approximate surface area is 108 Å². The zero-order chi connectivity index (χ0) is 15.2. The maximum Gasteiger partial charge on any atom is 0.518 e. The van der Waals surface area contributed by atoms with Crippen molar-refractivity contribution in [1.82, 2.24) is 0 Å². The molecular formula is C4H13O12P3. The summed E-state index contributed by atoms with van der Waals surface area (Å²) in [6.45, 7) is 0.824. The molecule has 0 saturated heterocycles. The van der Waals surface area contributed by atoms with Gasteiger partial charge in [0.1, 0.15) is 0 Å². The first kappa shape index (κ1) is 19.3. The Morgan fingerprint density at radius 1 is 0.789 bits per heavy atom. The van der Waals surface area contributed by atoms with Gasteiger partial charge in [0.05, 0.1) is 21.3 Å². The molecule has 0 bridgehead atoms. The van der Waals surface area contributed by atoms with Gasteiger partial charge in [-0.2, -0.15) is 4.31 Å². The third-order valence-electron chi connectivity index (χ3n) is 0.996. The highest BCUT2D eigenvalue weighted by Crippen LogP contribution is 2.70. The van der Waals surface area contributed by atoms with E-state index in [0.29, 0.717) is 0 Å². The van der Waals surface area contributed by atoms with Gasteiger partial charge in [-0.15, -0.1) is 14.0 Å². The molecule has 0 aliphatic heterocycles. The van der Waals surface area contributed by atoms with Crippen LogP contribution in [0, 0.1) is 0 Å². The van der Waals surface area contributed by atoms with Crippen LogP contribution in [0.4, 0.5) is 0 Å². The summed E-state index contributed by atoms with van der Waals surface area (Å²) < 4.78 is 54.9. The molecule has 0 aromatic heterocycles. The van der Waals surface area contributed by atoms with Gasteiger partial charge in [-0.1, -0.05) is 0 Å². The number of hydrogen-bond donors (Lipinski definition) is 1. The van der Waals surface area contributed by atoms with E-state index in [1.54, 1.807) is 0 Å². The lowest BCUT2D eigenvalue weighted by Gasteiger charge is -2.19. The molecule has 3 atom stereocenters. The maximum atomic E-state index is 11.8. The molecule has 0 aliphatic rings. The molecule has 0 spiro atoms. The van der Waals surface area contributed by atoms with E-state index in [9.17, 15) is 13.7 Å². The molecule has 1 N–H and O–H groups in total. The summed E-state index contributed by atoms with van der Waals surface area (Å²) in [5, 5.41) is 0. The van der Waals surface area contributed by atoms with Gasteiger partial charge < -0.3 is 4.89 Å². The Bertz CT molecular complexity index is 374. The van der Waals surface area contributed by atoms with Crippen LogP contribution in [0.2, 0.25) is 0 Å². The average molecular weight is 346 g/mol. The third-order valence-corrected chi connectivity index (χ3v) is 5.70. The minimum absolute atomic E-state index is 0.824. The Morgan fingerprint density at radius 2 is 1.26 bits per heavy atom. The van der Waals surface area contributed by atoms with Crippen LogP contribution in [0.5, 0.6) is 0 Å². The Balaban J connectivity index is 5.01. The van der Waals surface area contributed by atoms with Gasteiger partial charge in [0, 0.05) is 6.66 Å². The van der Waals surface area contributed by atoms with Crippen molar-refractivity contribution in [3.63, 3.8) is 0 Å². The molecular weight excluding hydrogens is 333 g/mol. The quantitative estimate of drug-likeness (QED) is 0.349. The van der Waals surface area contributed by atoms with Crippen molar-refractivity contribution in [2.45, 2.75) is 0 Å². The minimum Gasteiger partial charge on any atom is -0.301 e. The fourth-order valence-electron chi connectivity index (χ4n) is 0.698. The van der Waals surface area contributed by atoms with Crippen LogP contribution in [0.3, 0.4) is 0 Å². The monoisotopic (exact) mass is 346 g/mol. The summed E-state index contributed by atoms with van der Waals surface area (Å²) in [5.41, 5.74) is 0. The lowest BCUT2D eigenvalue weighted by atomic mass is 11.8. The number of hydrogen-bond acceptors (Lipinski definition) is 11. The summed E-state index contributed by atoms with van der Waals surface area (Å²) in [6.07, 6.45) is 0. The summed E-state index contributed by atoms with van der Waals surface area (Å²) in [4.78, 5) is 21.0. The van der Waals surface area contributed by atoms with Crippen LogP contribution in [-0.4, -0.2) is 32.9 Å². The second-order valence-electron chi connectivity index (χ2n) is 2.57. The molecule has 0 rings (SSSR count). The predicted molar refractivity (Wildman–Crippen MR) is 57.4 cm³/mol. The van der Waals surface area contributed by atoms with Crippen molar-refractivity contribution in [1.29, 1.82) is 0 Å². The highest BCUT2D eigenvalue weighted by Gasteiger charge is 2.45. The lowest BCUT2D eigenvalue weighted by molar-refractivity contribution is -0.210. The van der Waals surface area contributed by atoms with Crippen molar-refractivity contribution in [2.24, 2.45) is 0 Å². The molecule has 0 fully saturated rings. The van der Waals surface area contributed by atoms with Gasteiger partial charge in [0.2, 0.25) is 0 Å². The molecule has 19 heavy (non-hydrogen) atoms. The first-order chi connectivity index (χ1) is 8.60. The van der Waals surface area contributed by atoms with Gasteiger partial charge in [-0.25, -0.2) is 28.1 Å². The Kier molecular flexibility index (Phi) is 8.08. The van der Waals surface area contributed by atoms with Crippen LogP contribution in [0.25, 0.3) is 0 Å². The largest absolute Gasteiger partial charge is 0.518 e. The molecule has 12 nitrogen and oxygen atoms in total. The minimum atomic E-state index is -4.98. The van der Waals surface area contributed by atoms with Gasteiger partial charge in [0.15, 0.2) is 0 Å². The van der Waals surface area contributed by atoms with Gasteiger partial charge in [0.25, 0.3) is 0 Å². The summed E-state index contributed by atoms with van der Waals surface area (Å²) in [7, 11) is -11.2. The molecule has 0 radical (unpaired) electrons. The SMILES string of the molecule is COOP(C)(=O)OP(=O)(OOC)OP(=O)(O)OOC. The lowest BCUT2D eigenvalue weighted by Crippen LogP contribution is -2.01. The summed E-state index contributed by atoms with van der Waals surface area (Å²) in [5.74, 6) is 0. The van der Waals surface area contributed by atoms with E-state index < -0.39 is 23.2 Å². The van der Waals surface area contributed by atoms with E-state index in [-0.39, 0.29) is 0 Å². The third kappa shape index (κ3) is 8.26. The van der Waals surface area contributed by atoms with Crippen LogP contribution in [-0.2, 0) is 51.0 Å². The second kappa shape index (κ2) is 7.94. The standard InChI is InChI=1S/C4H13O12P3/c1-9-12-17(4,5)15-19(8,14-11-3)16-18(6,7)13-10-2/h1-4H3,(H,6,7). The second-order valence-corrected chi connectivity index (χ2v) is 7.70. The molecule has 0 aromatic rings. The van der Waals surface area contributed by atoms with Crippen LogP contribution in [0.1, 0.15) is 0 Å². The Morgan fingerprint density at radius 3 is 1.68 bits per heavy atom. The van der Waals surface area contributed by atoms with E-state index in [4.69, 9.17) is 4.89 Å². The number of rotatable bonds is 10. The smallest absolute Gasteiger partial charge is 0.301 e. The fourth-order valence-corrected chi connectivity index (χ4v) is 4.63. The van der Waals surface area contributed by atoms with Crippen molar-refractivity contribution >= 4 is 23.2 Å². The zero-order valence-electron chi connectivity index (χ0n) is 10.3. The molecule has 15 heteroatoms. The Hall–Kier alpha value is 0.330. The van der Waals surface area contributed by atoms with Crippen LogP contribution < -0.4 is 0 Å². The van der Waals surface area contributed by atoms with E-state index in [1.807, 2.05) is 0 Å². The molecule has 0 aliphatic carbocycles. The van der Waals surface area contributed by atoms with Gasteiger partial charge in [-0.05, 0) is 0 Å². The van der Waals surface area contributed by atoms with Crippen molar-refractivity contribution < 1.29 is 55.9 Å². The highest BCUT2D eigenvalue weighted by molar-refractivity contribution is 7.68. The molecule has 0 saturated carbocycles. The highest BCUT2D eigenvalue weighted by atomic mass is 31.3. The number of phosphoric acid groups is 2. The molecule has 116 valence electrons. The van der Waals surface area contributed by atoms with E-state index >= 15 is 0 Å². The van der Waals surface area contributed by atoms with Crippen molar-refractivity contribution in [2.75, 3.05) is 28.0 Å². The van der Waals surface area contributed by atoms with E-state index in [2.05, 4.69) is 37.3 Å². The van der Waals surface area contributed by atoms with E-state index in [1.165, 1.54) is 0 Å².